The molecule has 1 aromatic heterocycles. The van der Waals surface area contributed by atoms with Crippen molar-refractivity contribution >= 4 is 0 Å². The lowest BCUT2D eigenvalue weighted by Gasteiger charge is -2.23. The molecule has 1 saturated carbocycles. The molecule has 1 aromatic rings. The van der Waals surface area contributed by atoms with Crippen LogP contribution in [0.2, 0.25) is 0 Å². The molecule has 17 heavy (non-hydrogen) atoms. The van der Waals surface area contributed by atoms with Crippen LogP contribution in [-0.2, 0) is 13.0 Å². The third-order valence-corrected chi connectivity index (χ3v) is 4.21. The van der Waals surface area contributed by atoms with Gasteiger partial charge >= 0.3 is 0 Å². The first-order valence-corrected chi connectivity index (χ1v) is 6.90. The van der Waals surface area contributed by atoms with E-state index < -0.39 is 0 Å². The average molecular weight is 235 g/mol. The number of nitrogens with two attached hydrogens (primary N) is 1. The van der Waals surface area contributed by atoms with E-state index in [1.54, 1.807) is 0 Å². The van der Waals surface area contributed by atoms with Crippen molar-refractivity contribution in [3.63, 3.8) is 0 Å². The first-order valence-electron chi connectivity index (χ1n) is 6.90. The maximum Gasteiger partial charge on any atom is 0.0596 e. The lowest BCUT2D eigenvalue weighted by atomic mass is 9.88. The molecule has 1 fully saturated rings. The molecule has 3 atom stereocenters. The zero-order valence-electron chi connectivity index (χ0n) is 11.3. The van der Waals surface area contributed by atoms with Gasteiger partial charge in [0.15, 0.2) is 0 Å². The molecule has 0 radical (unpaired) electrons. The van der Waals surface area contributed by atoms with E-state index in [1.165, 1.54) is 25.0 Å². The molecular formula is C14H25N3. The van der Waals surface area contributed by atoms with Gasteiger partial charge in [0, 0.05) is 24.7 Å². The number of aryl methyl sites for hydroxylation is 2. The Bertz CT molecular complexity index is 370. The third kappa shape index (κ3) is 2.71. The Kier molecular flexibility index (Phi) is 3.87. The van der Waals surface area contributed by atoms with Gasteiger partial charge in [0.2, 0.25) is 0 Å². The standard InChI is InChI=1S/C14H25N3/c1-4-17-12(8-11(3)16-17)9-14(15)13-7-5-6-10(13)2/h8,10,13-14H,4-7,9,15H2,1-3H3. The Labute approximate surface area is 104 Å². The van der Waals surface area contributed by atoms with Gasteiger partial charge in [-0.1, -0.05) is 19.8 Å². The molecule has 0 aromatic carbocycles. The average Bonchev–Trinajstić information content (AvgIpc) is 2.84. The predicted molar refractivity (Wildman–Crippen MR) is 70.8 cm³/mol. The minimum atomic E-state index is 0.300. The SMILES string of the molecule is CCn1nc(C)cc1CC(N)C1CCCC1C. The lowest BCUT2D eigenvalue weighted by molar-refractivity contribution is 0.338. The van der Waals surface area contributed by atoms with Crippen LogP contribution >= 0.6 is 0 Å². The third-order valence-electron chi connectivity index (χ3n) is 4.21. The van der Waals surface area contributed by atoms with Gasteiger partial charge in [0.25, 0.3) is 0 Å². The second-order valence-electron chi connectivity index (χ2n) is 5.53. The highest BCUT2D eigenvalue weighted by atomic mass is 15.3. The first kappa shape index (κ1) is 12.6. The smallest absolute Gasteiger partial charge is 0.0596 e. The number of aromatic nitrogens is 2. The van der Waals surface area contributed by atoms with Gasteiger partial charge in [-0.3, -0.25) is 4.68 Å². The summed E-state index contributed by atoms with van der Waals surface area (Å²) in [5, 5.41) is 4.49. The van der Waals surface area contributed by atoms with Crippen LogP contribution in [0.4, 0.5) is 0 Å². The molecule has 0 bridgehead atoms. The first-order chi connectivity index (χ1) is 8.11. The Morgan fingerprint density at radius 1 is 1.53 bits per heavy atom. The molecular weight excluding hydrogens is 210 g/mol. The van der Waals surface area contributed by atoms with Crippen LogP contribution in [0.1, 0.15) is 44.5 Å². The van der Waals surface area contributed by atoms with Gasteiger partial charge in [-0.25, -0.2) is 0 Å². The monoisotopic (exact) mass is 235 g/mol. The molecule has 3 unspecified atom stereocenters. The largest absolute Gasteiger partial charge is 0.327 e. The summed E-state index contributed by atoms with van der Waals surface area (Å²) in [6.45, 7) is 7.48. The summed E-state index contributed by atoms with van der Waals surface area (Å²) in [6.07, 6.45) is 4.99. The summed E-state index contributed by atoms with van der Waals surface area (Å²) in [5.74, 6) is 1.50. The highest BCUT2D eigenvalue weighted by molar-refractivity contribution is 5.11. The van der Waals surface area contributed by atoms with E-state index in [4.69, 9.17) is 5.73 Å². The van der Waals surface area contributed by atoms with Gasteiger partial charge in [0.05, 0.1) is 5.69 Å². The summed E-state index contributed by atoms with van der Waals surface area (Å²) in [5.41, 5.74) is 8.80. The lowest BCUT2D eigenvalue weighted by Crippen LogP contribution is -2.34. The summed E-state index contributed by atoms with van der Waals surface area (Å²) >= 11 is 0. The van der Waals surface area contributed by atoms with Crippen LogP contribution in [0.3, 0.4) is 0 Å². The molecule has 3 heteroatoms. The number of nitrogens with zero attached hydrogens (tertiary/aromatic N) is 2. The highest BCUT2D eigenvalue weighted by Gasteiger charge is 2.29. The van der Waals surface area contributed by atoms with Crippen LogP contribution in [0.25, 0.3) is 0 Å². The quantitative estimate of drug-likeness (QED) is 0.871. The topological polar surface area (TPSA) is 43.8 Å². The number of rotatable bonds is 4. The fraction of sp³-hybridized carbons (Fsp3) is 0.786. The molecule has 3 nitrogen and oxygen atoms in total. The predicted octanol–water partition coefficient (Wildman–Crippen LogP) is 2.52. The Balaban J connectivity index is 2.04. The van der Waals surface area contributed by atoms with Crippen molar-refractivity contribution < 1.29 is 0 Å². The fourth-order valence-corrected chi connectivity index (χ4v) is 3.24. The summed E-state index contributed by atoms with van der Waals surface area (Å²) in [6, 6.07) is 2.48. The second-order valence-corrected chi connectivity index (χ2v) is 5.53. The van der Waals surface area contributed by atoms with Crippen LogP contribution in [0, 0.1) is 18.8 Å². The Hall–Kier alpha value is -0.830. The van der Waals surface area contributed by atoms with E-state index in [1.807, 2.05) is 0 Å². The molecule has 1 aliphatic rings. The fourth-order valence-electron chi connectivity index (χ4n) is 3.24. The van der Waals surface area contributed by atoms with Crippen molar-refractivity contribution in [2.45, 2.75) is 59.0 Å². The summed E-state index contributed by atoms with van der Waals surface area (Å²) in [4.78, 5) is 0. The molecule has 1 heterocycles. The number of hydrogen-bond acceptors (Lipinski definition) is 2. The second kappa shape index (κ2) is 5.21. The van der Waals surface area contributed by atoms with Gasteiger partial charge in [-0.15, -0.1) is 0 Å². The zero-order valence-corrected chi connectivity index (χ0v) is 11.3. The Morgan fingerprint density at radius 2 is 2.29 bits per heavy atom. The molecule has 1 aliphatic carbocycles. The maximum absolute atomic E-state index is 6.39. The van der Waals surface area contributed by atoms with Crippen LogP contribution in [0.15, 0.2) is 6.07 Å². The molecule has 96 valence electrons. The maximum atomic E-state index is 6.39. The van der Waals surface area contributed by atoms with E-state index in [2.05, 4.69) is 36.6 Å². The highest BCUT2D eigenvalue weighted by Crippen LogP contribution is 2.33. The van der Waals surface area contributed by atoms with Gasteiger partial charge in [-0.05, 0) is 38.2 Å². The van der Waals surface area contributed by atoms with Gasteiger partial charge in [0.1, 0.15) is 0 Å². The van der Waals surface area contributed by atoms with Crippen molar-refractivity contribution in [2.24, 2.45) is 17.6 Å². The molecule has 0 amide bonds. The van der Waals surface area contributed by atoms with Crippen LogP contribution < -0.4 is 5.73 Å². The van der Waals surface area contributed by atoms with E-state index in [9.17, 15) is 0 Å². The van der Waals surface area contributed by atoms with Crippen molar-refractivity contribution in [3.8, 4) is 0 Å². The minimum absolute atomic E-state index is 0.300. The van der Waals surface area contributed by atoms with Gasteiger partial charge < -0.3 is 5.73 Å². The van der Waals surface area contributed by atoms with Crippen LogP contribution in [-0.4, -0.2) is 15.8 Å². The van der Waals surface area contributed by atoms with E-state index in [0.717, 1.165) is 24.6 Å². The van der Waals surface area contributed by atoms with E-state index in [0.29, 0.717) is 12.0 Å². The van der Waals surface area contributed by atoms with Crippen LogP contribution in [0.5, 0.6) is 0 Å². The normalized spacial score (nSPS) is 26.4. The van der Waals surface area contributed by atoms with Crippen molar-refractivity contribution in [1.29, 1.82) is 0 Å². The molecule has 0 spiro atoms. The van der Waals surface area contributed by atoms with Crippen molar-refractivity contribution in [3.05, 3.63) is 17.5 Å². The molecule has 0 aliphatic heterocycles. The Morgan fingerprint density at radius 3 is 2.88 bits per heavy atom. The van der Waals surface area contributed by atoms with Crippen molar-refractivity contribution in [1.82, 2.24) is 9.78 Å². The molecule has 0 saturated heterocycles. The van der Waals surface area contributed by atoms with Gasteiger partial charge in [-0.2, -0.15) is 5.10 Å². The van der Waals surface area contributed by atoms with Crippen molar-refractivity contribution in [2.75, 3.05) is 0 Å². The number of hydrogen-bond donors (Lipinski definition) is 1. The van der Waals surface area contributed by atoms with E-state index in [-0.39, 0.29) is 0 Å². The zero-order chi connectivity index (χ0) is 12.4. The minimum Gasteiger partial charge on any atom is -0.327 e. The summed E-state index contributed by atoms with van der Waals surface area (Å²) < 4.78 is 2.09. The summed E-state index contributed by atoms with van der Waals surface area (Å²) in [7, 11) is 0. The van der Waals surface area contributed by atoms with E-state index >= 15 is 0 Å². The molecule has 2 rings (SSSR count). The molecule has 2 N–H and O–H groups in total.